The first-order valence-corrected chi connectivity index (χ1v) is 7.05. The zero-order valence-corrected chi connectivity index (χ0v) is 13.3. The van der Waals surface area contributed by atoms with Gasteiger partial charge in [0.15, 0.2) is 0 Å². The smallest absolute Gasteiger partial charge is 0.251 e. The summed E-state index contributed by atoms with van der Waals surface area (Å²) in [7, 11) is 0. The van der Waals surface area contributed by atoms with Gasteiger partial charge < -0.3 is 16.4 Å². The maximum absolute atomic E-state index is 13.6. The molecule has 2 rings (SSSR count). The average Bonchev–Trinajstić information content (AvgIpc) is 2.90. The maximum Gasteiger partial charge on any atom is 0.251 e. The van der Waals surface area contributed by atoms with Crippen LogP contribution >= 0.6 is 12.4 Å². The second-order valence-electron chi connectivity index (χ2n) is 5.52. The molecule has 5 nitrogen and oxygen atoms in total. The van der Waals surface area contributed by atoms with E-state index in [9.17, 15) is 14.0 Å². The second-order valence-corrected chi connectivity index (χ2v) is 5.52. The molecular formula is C15H21ClFN3O2. The predicted octanol–water partition coefficient (Wildman–Crippen LogP) is 2.21. The Morgan fingerprint density at radius 3 is 2.50 bits per heavy atom. The first-order chi connectivity index (χ1) is 9.96. The molecule has 1 saturated carbocycles. The zero-order chi connectivity index (χ0) is 15.5. The van der Waals surface area contributed by atoms with Crippen molar-refractivity contribution in [2.75, 3.05) is 11.9 Å². The molecule has 0 radical (unpaired) electrons. The molecule has 2 amide bonds. The van der Waals surface area contributed by atoms with Crippen LogP contribution in [0, 0.1) is 5.82 Å². The van der Waals surface area contributed by atoms with Crippen molar-refractivity contribution < 1.29 is 14.0 Å². The van der Waals surface area contributed by atoms with Crippen LogP contribution in [0.3, 0.4) is 0 Å². The normalized spacial score (nSPS) is 15.8. The lowest BCUT2D eigenvalue weighted by Gasteiger charge is -2.28. The Labute approximate surface area is 135 Å². The molecule has 0 atom stereocenters. The van der Waals surface area contributed by atoms with Crippen LogP contribution in [-0.4, -0.2) is 23.9 Å². The molecule has 0 aromatic heterocycles. The topological polar surface area (TPSA) is 84.2 Å². The summed E-state index contributed by atoms with van der Waals surface area (Å²) in [5.74, 6) is -1.26. The Morgan fingerprint density at radius 1 is 1.32 bits per heavy atom. The Hall–Kier alpha value is -1.66. The molecule has 1 aromatic rings. The van der Waals surface area contributed by atoms with Crippen molar-refractivity contribution in [2.45, 2.75) is 38.1 Å². The van der Waals surface area contributed by atoms with Crippen LogP contribution < -0.4 is 16.4 Å². The van der Waals surface area contributed by atoms with Gasteiger partial charge in [0.2, 0.25) is 5.91 Å². The highest BCUT2D eigenvalue weighted by molar-refractivity contribution is 5.97. The van der Waals surface area contributed by atoms with Gasteiger partial charge in [-0.2, -0.15) is 0 Å². The molecule has 1 aliphatic carbocycles. The molecule has 0 saturated heterocycles. The number of nitrogens with two attached hydrogens (primary N) is 1. The van der Waals surface area contributed by atoms with Gasteiger partial charge in [-0.05, 0) is 31.0 Å². The SMILES string of the molecule is CC(=O)Nc1cc(C(=O)NC2(CN)CCCC2)ccc1F.Cl. The van der Waals surface area contributed by atoms with E-state index in [4.69, 9.17) is 5.73 Å². The number of carbonyl (C=O) groups excluding carboxylic acids is 2. The molecule has 1 aromatic carbocycles. The third-order valence-corrected chi connectivity index (χ3v) is 3.87. The first-order valence-electron chi connectivity index (χ1n) is 7.05. The number of halogens is 2. The number of nitrogens with one attached hydrogen (secondary N) is 2. The van der Waals surface area contributed by atoms with E-state index in [1.54, 1.807) is 0 Å². The van der Waals surface area contributed by atoms with Gasteiger partial charge in [-0.25, -0.2) is 4.39 Å². The van der Waals surface area contributed by atoms with Crippen LogP contribution in [0.25, 0.3) is 0 Å². The third kappa shape index (κ3) is 4.18. The number of amides is 2. The van der Waals surface area contributed by atoms with Gasteiger partial charge in [0.25, 0.3) is 5.91 Å². The average molecular weight is 330 g/mol. The van der Waals surface area contributed by atoms with Crippen molar-refractivity contribution in [2.24, 2.45) is 5.73 Å². The molecule has 0 bridgehead atoms. The van der Waals surface area contributed by atoms with Crippen molar-refractivity contribution in [1.82, 2.24) is 5.32 Å². The van der Waals surface area contributed by atoms with E-state index < -0.39 is 5.82 Å². The largest absolute Gasteiger partial charge is 0.345 e. The summed E-state index contributed by atoms with van der Waals surface area (Å²) >= 11 is 0. The monoisotopic (exact) mass is 329 g/mol. The zero-order valence-electron chi connectivity index (χ0n) is 12.4. The van der Waals surface area contributed by atoms with Crippen LogP contribution in [0.1, 0.15) is 43.0 Å². The summed E-state index contributed by atoms with van der Waals surface area (Å²) in [6.07, 6.45) is 3.79. The van der Waals surface area contributed by atoms with Crippen molar-refractivity contribution in [3.05, 3.63) is 29.6 Å². The maximum atomic E-state index is 13.6. The lowest BCUT2D eigenvalue weighted by atomic mass is 9.97. The minimum absolute atomic E-state index is 0. The molecule has 0 aliphatic heterocycles. The van der Waals surface area contributed by atoms with Gasteiger partial charge in [0.1, 0.15) is 5.82 Å². The number of hydrogen-bond acceptors (Lipinski definition) is 3. The highest BCUT2D eigenvalue weighted by Gasteiger charge is 2.34. The van der Waals surface area contributed by atoms with Crippen LogP contribution in [0.15, 0.2) is 18.2 Å². The molecular weight excluding hydrogens is 309 g/mol. The lowest BCUT2D eigenvalue weighted by Crippen LogP contribution is -2.51. The van der Waals surface area contributed by atoms with E-state index in [0.717, 1.165) is 25.7 Å². The summed E-state index contributed by atoms with van der Waals surface area (Å²) in [6, 6.07) is 3.91. The quantitative estimate of drug-likeness (QED) is 0.791. The predicted molar refractivity (Wildman–Crippen MR) is 85.7 cm³/mol. The summed E-state index contributed by atoms with van der Waals surface area (Å²) < 4.78 is 13.6. The highest BCUT2D eigenvalue weighted by atomic mass is 35.5. The molecule has 0 heterocycles. The van der Waals surface area contributed by atoms with E-state index >= 15 is 0 Å². The Balaban J connectivity index is 0.00000242. The van der Waals surface area contributed by atoms with Crippen LogP contribution in [0.5, 0.6) is 0 Å². The summed E-state index contributed by atoms with van der Waals surface area (Å²) in [4.78, 5) is 23.3. The molecule has 1 fully saturated rings. The van der Waals surface area contributed by atoms with Gasteiger partial charge in [-0.3, -0.25) is 9.59 Å². The molecule has 4 N–H and O–H groups in total. The van der Waals surface area contributed by atoms with Crippen molar-refractivity contribution in [3.8, 4) is 0 Å². The number of benzene rings is 1. The second kappa shape index (κ2) is 7.56. The highest BCUT2D eigenvalue weighted by Crippen LogP contribution is 2.29. The van der Waals surface area contributed by atoms with Gasteiger partial charge in [-0.15, -0.1) is 12.4 Å². The van der Waals surface area contributed by atoms with Crippen molar-refractivity contribution in [1.29, 1.82) is 0 Å². The van der Waals surface area contributed by atoms with Crippen LogP contribution in [0.2, 0.25) is 0 Å². The van der Waals surface area contributed by atoms with Gasteiger partial charge in [-0.1, -0.05) is 12.8 Å². The fraction of sp³-hybridized carbons (Fsp3) is 0.467. The molecule has 7 heteroatoms. The van der Waals surface area contributed by atoms with Crippen molar-refractivity contribution >= 4 is 29.9 Å². The van der Waals surface area contributed by atoms with Gasteiger partial charge in [0.05, 0.1) is 11.2 Å². The number of rotatable bonds is 4. The van der Waals surface area contributed by atoms with E-state index in [2.05, 4.69) is 10.6 Å². The number of hydrogen-bond donors (Lipinski definition) is 3. The Kier molecular flexibility index (Phi) is 6.32. The molecule has 122 valence electrons. The van der Waals surface area contributed by atoms with E-state index in [0.29, 0.717) is 12.1 Å². The molecule has 0 spiro atoms. The standard InChI is InChI=1S/C15H20FN3O2.ClH/c1-10(20)18-13-8-11(4-5-12(13)16)14(21)19-15(9-17)6-2-3-7-15;/h4-5,8H,2-3,6-7,9,17H2,1H3,(H,18,20)(H,19,21);1H. The summed E-state index contributed by atoms with van der Waals surface area (Å²) in [5, 5.41) is 5.33. The van der Waals surface area contributed by atoms with Crippen LogP contribution in [-0.2, 0) is 4.79 Å². The van der Waals surface area contributed by atoms with E-state index in [1.807, 2.05) is 0 Å². The molecule has 1 aliphatic rings. The third-order valence-electron chi connectivity index (χ3n) is 3.87. The summed E-state index contributed by atoms with van der Waals surface area (Å²) in [6.45, 7) is 1.67. The van der Waals surface area contributed by atoms with E-state index in [1.165, 1.54) is 25.1 Å². The first kappa shape index (κ1) is 18.4. The Morgan fingerprint density at radius 2 is 1.95 bits per heavy atom. The fourth-order valence-corrected chi connectivity index (χ4v) is 2.70. The van der Waals surface area contributed by atoms with Crippen molar-refractivity contribution in [3.63, 3.8) is 0 Å². The lowest BCUT2D eigenvalue weighted by molar-refractivity contribution is -0.114. The summed E-state index contributed by atoms with van der Waals surface area (Å²) in [5.41, 5.74) is 5.73. The minimum atomic E-state index is -0.573. The molecule has 0 unspecified atom stereocenters. The van der Waals surface area contributed by atoms with Crippen LogP contribution in [0.4, 0.5) is 10.1 Å². The van der Waals surface area contributed by atoms with Gasteiger partial charge >= 0.3 is 0 Å². The van der Waals surface area contributed by atoms with Gasteiger partial charge in [0, 0.05) is 19.0 Å². The fourth-order valence-electron chi connectivity index (χ4n) is 2.70. The van der Waals surface area contributed by atoms with E-state index in [-0.39, 0.29) is 35.4 Å². The Bertz CT molecular complexity index is 560. The number of anilines is 1. The molecule has 22 heavy (non-hydrogen) atoms. The minimum Gasteiger partial charge on any atom is -0.345 e. The number of carbonyl (C=O) groups is 2.